The number of hydrogen-bond donors (Lipinski definition) is 1. The second-order valence-electron chi connectivity index (χ2n) is 6.99. The first-order valence-electron chi connectivity index (χ1n) is 9.48. The lowest BCUT2D eigenvalue weighted by Gasteiger charge is -2.31. The SMILES string of the molecule is O=C(NCCN1CCOCC1)C1CCCN(c2nc3ccccc3o2)C1. The van der Waals surface area contributed by atoms with E-state index < -0.39 is 0 Å². The molecule has 140 valence electrons. The summed E-state index contributed by atoms with van der Waals surface area (Å²) in [7, 11) is 0. The van der Waals surface area contributed by atoms with Crippen molar-refractivity contribution in [3.8, 4) is 0 Å². The molecule has 2 aliphatic rings. The number of fused-ring (bicyclic) bond motifs is 1. The fourth-order valence-corrected chi connectivity index (χ4v) is 3.67. The minimum atomic E-state index is -0.0107. The number of para-hydroxylation sites is 2. The minimum Gasteiger partial charge on any atom is -0.423 e. The normalized spacial score (nSPS) is 21.8. The van der Waals surface area contributed by atoms with E-state index >= 15 is 0 Å². The number of anilines is 1. The largest absolute Gasteiger partial charge is 0.423 e. The van der Waals surface area contributed by atoms with E-state index in [0.29, 0.717) is 19.1 Å². The van der Waals surface area contributed by atoms with E-state index in [-0.39, 0.29) is 11.8 Å². The number of carbonyl (C=O) groups is 1. The zero-order valence-corrected chi connectivity index (χ0v) is 15.0. The van der Waals surface area contributed by atoms with Crippen LogP contribution in [0.4, 0.5) is 6.01 Å². The summed E-state index contributed by atoms with van der Waals surface area (Å²) in [6.45, 7) is 6.59. The summed E-state index contributed by atoms with van der Waals surface area (Å²) in [6, 6.07) is 8.39. The van der Waals surface area contributed by atoms with Crippen LogP contribution in [0.15, 0.2) is 28.7 Å². The van der Waals surface area contributed by atoms with Crippen molar-refractivity contribution in [1.29, 1.82) is 0 Å². The van der Waals surface area contributed by atoms with Gasteiger partial charge < -0.3 is 19.4 Å². The molecule has 2 aromatic rings. The Hall–Kier alpha value is -2.12. The van der Waals surface area contributed by atoms with Gasteiger partial charge in [-0.05, 0) is 25.0 Å². The number of benzene rings is 1. The number of morpholine rings is 1. The molecule has 0 radical (unpaired) electrons. The predicted molar refractivity (Wildman–Crippen MR) is 99.2 cm³/mol. The molecule has 0 bridgehead atoms. The first-order chi connectivity index (χ1) is 12.8. The highest BCUT2D eigenvalue weighted by molar-refractivity contribution is 5.79. The second kappa shape index (κ2) is 8.05. The van der Waals surface area contributed by atoms with Crippen molar-refractivity contribution in [3.05, 3.63) is 24.3 Å². The number of nitrogens with one attached hydrogen (secondary N) is 1. The van der Waals surface area contributed by atoms with Crippen LogP contribution in [0.3, 0.4) is 0 Å². The Balaban J connectivity index is 1.30. The zero-order valence-electron chi connectivity index (χ0n) is 15.0. The molecule has 0 spiro atoms. The molecule has 1 amide bonds. The standard InChI is InChI=1S/C19H26N4O3/c24-18(20-7-9-22-10-12-25-13-11-22)15-4-3-8-23(14-15)19-21-16-5-1-2-6-17(16)26-19/h1-2,5-6,15H,3-4,7-14H2,(H,20,24). The molecule has 7 heteroatoms. The zero-order chi connectivity index (χ0) is 17.8. The van der Waals surface area contributed by atoms with Crippen LogP contribution < -0.4 is 10.2 Å². The monoisotopic (exact) mass is 358 g/mol. The number of ether oxygens (including phenoxy) is 1. The van der Waals surface area contributed by atoms with Gasteiger partial charge in [-0.15, -0.1) is 0 Å². The van der Waals surface area contributed by atoms with Gasteiger partial charge in [-0.1, -0.05) is 12.1 Å². The van der Waals surface area contributed by atoms with Crippen molar-refractivity contribution >= 4 is 23.0 Å². The molecule has 1 aromatic carbocycles. The quantitative estimate of drug-likeness (QED) is 0.873. The molecule has 1 N–H and O–H groups in total. The summed E-state index contributed by atoms with van der Waals surface area (Å²) >= 11 is 0. The van der Waals surface area contributed by atoms with Gasteiger partial charge in [0.2, 0.25) is 5.91 Å². The maximum atomic E-state index is 12.6. The summed E-state index contributed by atoms with van der Waals surface area (Å²) in [5, 5.41) is 3.10. The van der Waals surface area contributed by atoms with E-state index in [1.807, 2.05) is 24.3 Å². The number of carbonyl (C=O) groups excluding carboxylic acids is 1. The first kappa shape index (κ1) is 17.3. The second-order valence-corrected chi connectivity index (χ2v) is 6.99. The number of oxazole rings is 1. The third-order valence-electron chi connectivity index (χ3n) is 5.18. The van der Waals surface area contributed by atoms with Gasteiger partial charge in [0, 0.05) is 39.3 Å². The Morgan fingerprint density at radius 2 is 2.08 bits per heavy atom. The summed E-state index contributed by atoms with van der Waals surface area (Å²) in [5.41, 5.74) is 1.65. The third kappa shape index (κ3) is 3.99. The van der Waals surface area contributed by atoms with Crippen molar-refractivity contribution in [1.82, 2.24) is 15.2 Å². The van der Waals surface area contributed by atoms with Crippen molar-refractivity contribution < 1.29 is 13.9 Å². The van der Waals surface area contributed by atoms with Crippen LogP contribution in [-0.4, -0.2) is 68.3 Å². The minimum absolute atomic E-state index is 0.0107. The topological polar surface area (TPSA) is 70.8 Å². The Labute approximate surface area is 153 Å². The van der Waals surface area contributed by atoms with E-state index in [2.05, 4.69) is 20.1 Å². The van der Waals surface area contributed by atoms with Crippen LogP contribution in [0.25, 0.3) is 11.1 Å². The van der Waals surface area contributed by atoms with E-state index in [1.165, 1.54) is 0 Å². The maximum absolute atomic E-state index is 12.6. The summed E-state index contributed by atoms with van der Waals surface area (Å²) < 4.78 is 11.2. The molecule has 2 aliphatic heterocycles. The molecule has 1 unspecified atom stereocenters. The lowest BCUT2D eigenvalue weighted by atomic mass is 9.97. The molecule has 1 atom stereocenters. The van der Waals surface area contributed by atoms with Gasteiger partial charge in [0.25, 0.3) is 6.01 Å². The van der Waals surface area contributed by atoms with Gasteiger partial charge in [0.15, 0.2) is 5.58 Å². The number of aromatic nitrogens is 1. The van der Waals surface area contributed by atoms with Crippen molar-refractivity contribution in [2.45, 2.75) is 12.8 Å². The fourth-order valence-electron chi connectivity index (χ4n) is 3.67. The smallest absolute Gasteiger partial charge is 0.298 e. The van der Waals surface area contributed by atoms with E-state index in [4.69, 9.17) is 9.15 Å². The molecular weight excluding hydrogens is 332 g/mol. The molecule has 0 aliphatic carbocycles. The summed E-state index contributed by atoms with van der Waals surface area (Å²) in [4.78, 5) is 21.5. The molecule has 2 fully saturated rings. The van der Waals surface area contributed by atoms with E-state index in [1.54, 1.807) is 0 Å². The predicted octanol–water partition coefficient (Wildman–Crippen LogP) is 1.49. The average molecular weight is 358 g/mol. The van der Waals surface area contributed by atoms with Crippen LogP contribution in [0.2, 0.25) is 0 Å². The van der Waals surface area contributed by atoms with E-state index in [9.17, 15) is 4.79 Å². The number of amides is 1. The van der Waals surface area contributed by atoms with Gasteiger partial charge >= 0.3 is 0 Å². The molecule has 4 rings (SSSR count). The number of piperidine rings is 1. The number of rotatable bonds is 5. The molecule has 26 heavy (non-hydrogen) atoms. The van der Waals surface area contributed by atoms with E-state index in [0.717, 1.165) is 63.3 Å². The van der Waals surface area contributed by atoms with Gasteiger partial charge in [0.1, 0.15) is 5.52 Å². The van der Waals surface area contributed by atoms with Gasteiger partial charge in [0.05, 0.1) is 19.1 Å². The summed E-state index contributed by atoms with van der Waals surface area (Å²) in [6.07, 6.45) is 1.89. The summed E-state index contributed by atoms with van der Waals surface area (Å²) in [5.74, 6) is 0.127. The highest BCUT2D eigenvalue weighted by Crippen LogP contribution is 2.26. The maximum Gasteiger partial charge on any atom is 0.298 e. The lowest BCUT2D eigenvalue weighted by molar-refractivity contribution is -0.125. The van der Waals surface area contributed by atoms with Crippen LogP contribution in [0, 0.1) is 5.92 Å². The van der Waals surface area contributed by atoms with Crippen LogP contribution in [-0.2, 0) is 9.53 Å². The number of hydrogen-bond acceptors (Lipinski definition) is 6. The molecule has 7 nitrogen and oxygen atoms in total. The van der Waals surface area contributed by atoms with Crippen LogP contribution in [0.1, 0.15) is 12.8 Å². The van der Waals surface area contributed by atoms with Crippen LogP contribution >= 0.6 is 0 Å². The Morgan fingerprint density at radius 1 is 1.23 bits per heavy atom. The number of nitrogens with zero attached hydrogens (tertiary/aromatic N) is 3. The highest BCUT2D eigenvalue weighted by atomic mass is 16.5. The average Bonchev–Trinajstić information content (AvgIpc) is 3.13. The van der Waals surface area contributed by atoms with Gasteiger partial charge in [-0.25, -0.2) is 0 Å². The molecular formula is C19H26N4O3. The third-order valence-corrected chi connectivity index (χ3v) is 5.18. The van der Waals surface area contributed by atoms with Crippen molar-refractivity contribution in [2.75, 3.05) is 57.4 Å². The highest BCUT2D eigenvalue weighted by Gasteiger charge is 2.28. The van der Waals surface area contributed by atoms with Crippen molar-refractivity contribution in [2.24, 2.45) is 5.92 Å². The molecule has 2 saturated heterocycles. The van der Waals surface area contributed by atoms with Crippen molar-refractivity contribution in [3.63, 3.8) is 0 Å². The van der Waals surface area contributed by atoms with Crippen LogP contribution in [0.5, 0.6) is 0 Å². The fraction of sp³-hybridized carbons (Fsp3) is 0.579. The molecule has 1 aromatic heterocycles. The van der Waals surface area contributed by atoms with Gasteiger partial charge in [-0.3, -0.25) is 9.69 Å². The Morgan fingerprint density at radius 3 is 2.92 bits per heavy atom. The first-order valence-corrected chi connectivity index (χ1v) is 9.48. The Bertz CT molecular complexity index is 708. The van der Waals surface area contributed by atoms with Gasteiger partial charge in [-0.2, -0.15) is 4.98 Å². The molecule has 3 heterocycles. The Kier molecular flexibility index (Phi) is 5.36. The lowest BCUT2D eigenvalue weighted by Crippen LogP contribution is -2.46. The molecule has 0 saturated carbocycles.